The number of aromatic nitrogens is 6. The quantitative estimate of drug-likeness (QED) is 0.0402. The lowest BCUT2D eigenvalue weighted by molar-refractivity contribution is 0.0454. The number of carbonyl (C=O) groups is 3. The number of nitrogens with zero attached hydrogens (tertiary/aromatic N) is 9. The highest BCUT2D eigenvalue weighted by molar-refractivity contribution is 5.99. The summed E-state index contributed by atoms with van der Waals surface area (Å²) in [5.41, 5.74) is 11.8. The summed E-state index contributed by atoms with van der Waals surface area (Å²) in [6.07, 6.45) is -2.48. The molecule has 0 saturated heterocycles. The topological polar surface area (TPSA) is 259 Å². The molecule has 0 aliphatic carbocycles. The first-order valence-corrected chi connectivity index (χ1v) is 39.9. The molecule has 126 heavy (non-hydrogen) atoms. The maximum atomic E-state index is 15.6. The van der Waals surface area contributed by atoms with Crippen molar-refractivity contribution in [3.05, 3.63) is 338 Å². The molecule has 12 aromatic carbocycles. The van der Waals surface area contributed by atoms with E-state index in [4.69, 9.17) is 68.4 Å². The highest BCUT2D eigenvalue weighted by atomic mass is 19.2. The number of imidazole rings is 3. The number of benzene rings is 12. The van der Waals surface area contributed by atoms with Crippen molar-refractivity contribution in [2.24, 2.45) is 0 Å². The zero-order chi connectivity index (χ0) is 88.1. The number of rotatable bonds is 24. The lowest BCUT2D eigenvalue weighted by Crippen LogP contribution is -2.11. The summed E-state index contributed by atoms with van der Waals surface area (Å²) < 4.78 is 149. The van der Waals surface area contributed by atoms with Gasteiger partial charge in [-0.15, -0.1) is 0 Å². The third-order valence-electron chi connectivity index (χ3n) is 21.9. The molecule has 0 bridgehead atoms. The van der Waals surface area contributed by atoms with E-state index in [1.807, 2.05) is 57.7 Å². The molecule has 630 valence electrons. The lowest BCUT2D eigenvalue weighted by Gasteiger charge is -2.13. The van der Waals surface area contributed by atoms with Gasteiger partial charge in [0.2, 0.25) is 0 Å². The fourth-order valence-corrected chi connectivity index (χ4v) is 15.3. The first-order chi connectivity index (χ1) is 61.1. The number of Topliss-reactive ketones (excluding diaryl/α,β-unsaturated/α-hetero) is 3. The molecule has 27 heteroatoms. The van der Waals surface area contributed by atoms with Gasteiger partial charge in [0, 0.05) is 105 Å². The molecule has 3 unspecified atom stereocenters. The van der Waals surface area contributed by atoms with Crippen LogP contribution >= 0.6 is 0 Å². The molecule has 0 amide bonds. The Morgan fingerprint density at radius 3 is 1.07 bits per heavy atom. The standard InChI is InChI=1S/C33H24F3N3O4.C33H25F2N3O4.C33H26FN3O4/c1-18(40)20-7-9-28-29(15-20)39(10-11-41-2)31(38-28)16-24-26(35)13-21(14-27(24)36)22-4-3-5-30-32(22)43-33(42-30)23-8-6-19(17-37)12-25(23)34;1-19(39)21-9-11-28-29(16-21)38(12-13-40-2)31(37-28)17-23-8-7-22(15-26(23)34)24-4-3-5-30-32(24)42-33(41-30)25-10-6-20(18-36)14-27(25)35;1-20(38)23-12-13-28-29(17-23)37(14-15-39-2)31(36-28)18-25-11-10-24(16-27(25)34)26-4-3-5-30-32(26)41-33(40-30)22-8-6-21(19-35)7-9-22/h3-9,12-15,33H,10-11,16H2,1-2H3;3-11,14-16,33H,12-13,17H2,1-2H3;3-13,16-17,33H,14-15,18H2,1-2H3. The average Bonchev–Trinajstić information content (AvgIpc) is 1.63. The minimum absolute atomic E-state index is 0.0282. The summed E-state index contributed by atoms with van der Waals surface area (Å²) >= 11 is 0. The van der Waals surface area contributed by atoms with Crippen LogP contribution in [-0.4, -0.2) is 87.2 Å². The predicted octanol–water partition coefficient (Wildman–Crippen LogP) is 20.3. The van der Waals surface area contributed by atoms with Crippen LogP contribution in [0.4, 0.5) is 26.3 Å². The van der Waals surface area contributed by atoms with Crippen molar-refractivity contribution in [2.45, 2.75) is 78.5 Å². The molecule has 0 N–H and O–H groups in total. The van der Waals surface area contributed by atoms with Crippen LogP contribution in [0.25, 0.3) is 66.5 Å². The van der Waals surface area contributed by atoms with Gasteiger partial charge in [0.15, 0.2) is 51.8 Å². The monoisotopic (exact) mass is 1700 g/mol. The molecule has 3 aliphatic heterocycles. The first kappa shape index (κ1) is 84.4. The van der Waals surface area contributed by atoms with Crippen LogP contribution in [0.15, 0.2) is 218 Å². The first-order valence-electron chi connectivity index (χ1n) is 39.9. The highest BCUT2D eigenvalue weighted by Gasteiger charge is 2.35. The number of hydrogen-bond donors (Lipinski definition) is 0. The lowest BCUT2D eigenvalue weighted by atomic mass is 10.00. The SMILES string of the molecule is COCCn1c(Cc2c(F)cc(-c3cccc4c3OC(c3ccc(C#N)cc3F)O4)cc2F)nc2ccc(C(C)=O)cc21.COCCn1c(Cc2ccc(-c3cccc4c3OC(c3ccc(C#N)cc3)O4)cc2F)nc2ccc(C(C)=O)cc21.COCCn1c(Cc2ccc(-c3cccc4c3OC(c3ccc(C#N)cc3F)O4)cc2F)nc2ccc(C(C)=O)cc21. The van der Waals surface area contributed by atoms with Gasteiger partial charge in [-0.05, 0) is 194 Å². The van der Waals surface area contributed by atoms with Gasteiger partial charge in [0.25, 0.3) is 18.9 Å². The van der Waals surface area contributed by atoms with Gasteiger partial charge < -0.3 is 56.3 Å². The molecular formula is C99H75F6N9O12. The van der Waals surface area contributed by atoms with Gasteiger partial charge in [-0.25, -0.2) is 41.3 Å². The van der Waals surface area contributed by atoms with E-state index in [1.54, 1.807) is 147 Å². The minimum atomic E-state index is -1.14. The van der Waals surface area contributed by atoms with Gasteiger partial charge >= 0.3 is 0 Å². The minimum Gasteiger partial charge on any atom is -0.447 e. The Kier molecular flexibility index (Phi) is 24.4. The third-order valence-corrected chi connectivity index (χ3v) is 21.9. The Bertz CT molecular complexity index is 6940. The van der Waals surface area contributed by atoms with E-state index in [0.717, 1.165) is 34.2 Å². The van der Waals surface area contributed by atoms with Crippen molar-refractivity contribution >= 4 is 50.4 Å². The van der Waals surface area contributed by atoms with Crippen LogP contribution in [0.5, 0.6) is 34.5 Å². The fraction of sp³-hybridized carbons (Fsp3) is 0.182. The van der Waals surface area contributed by atoms with Crippen LogP contribution in [0.3, 0.4) is 0 Å². The van der Waals surface area contributed by atoms with Crippen LogP contribution < -0.4 is 28.4 Å². The van der Waals surface area contributed by atoms with Crippen molar-refractivity contribution in [3.8, 4) is 86.1 Å². The fourth-order valence-electron chi connectivity index (χ4n) is 15.3. The van der Waals surface area contributed by atoms with E-state index in [-0.39, 0.29) is 87.3 Å². The molecule has 15 aromatic rings. The van der Waals surface area contributed by atoms with E-state index in [1.165, 1.54) is 69.3 Å². The Morgan fingerprint density at radius 2 is 0.714 bits per heavy atom. The van der Waals surface area contributed by atoms with E-state index < -0.39 is 48.0 Å². The Hall–Kier alpha value is -15.2. The predicted molar refractivity (Wildman–Crippen MR) is 454 cm³/mol. The van der Waals surface area contributed by atoms with Crippen LogP contribution in [0.1, 0.15) is 138 Å². The van der Waals surface area contributed by atoms with Gasteiger partial charge in [0.1, 0.15) is 52.4 Å². The van der Waals surface area contributed by atoms with Gasteiger partial charge in [-0.3, -0.25) is 14.4 Å². The van der Waals surface area contributed by atoms with E-state index in [9.17, 15) is 23.2 Å². The number of ether oxygens (including phenoxy) is 9. The largest absolute Gasteiger partial charge is 0.447 e. The van der Waals surface area contributed by atoms with Crippen molar-refractivity contribution < 1.29 is 83.4 Å². The maximum Gasteiger partial charge on any atom is 0.270 e. The zero-order valence-electron chi connectivity index (χ0n) is 68.6. The smallest absolute Gasteiger partial charge is 0.270 e. The molecular weight excluding hydrogens is 1620 g/mol. The number of halogens is 6. The summed E-state index contributed by atoms with van der Waals surface area (Å²) in [5.74, 6) is 0.329. The average molecular weight is 1700 g/mol. The normalized spacial score (nSPS) is 13.8. The Balaban J connectivity index is 0.000000139. The number of nitriles is 3. The molecule has 3 atom stereocenters. The summed E-state index contributed by atoms with van der Waals surface area (Å²) in [5, 5.41) is 27.1. The van der Waals surface area contributed by atoms with Crippen molar-refractivity contribution in [3.63, 3.8) is 0 Å². The van der Waals surface area contributed by atoms with E-state index >= 15 is 17.6 Å². The molecule has 18 rings (SSSR count). The summed E-state index contributed by atoms with van der Waals surface area (Å²) in [6, 6.07) is 64.9. The van der Waals surface area contributed by atoms with Crippen LogP contribution in [-0.2, 0) is 53.1 Å². The third kappa shape index (κ3) is 17.4. The number of hydrogen-bond acceptors (Lipinski definition) is 18. The number of carbonyl (C=O) groups excluding carboxylic acids is 3. The zero-order valence-corrected chi connectivity index (χ0v) is 68.6. The number of ketones is 3. The molecule has 0 radical (unpaired) electrons. The van der Waals surface area contributed by atoms with Crippen molar-refractivity contribution in [2.75, 3.05) is 41.2 Å². The second-order valence-electron chi connectivity index (χ2n) is 29.9. The summed E-state index contributed by atoms with van der Waals surface area (Å²) in [6.45, 7) is 7.12. The summed E-state index contributed by atoms with van der Waals surface area (Å²) in [7, 11) is 4.78. The number of fused-ring (bicyclic) bond motifs is 6. The molecule has 3 aliphatic rings. The second-order valence-corrected chi connectivity index (χ2v) is 29.9. The molecule has 3 aromatic heterocycles. The van der Waals surface area contributed by atoms with Gasteiger partial charge in [-0.1, -0.05) is 72.8 Å². The number of methoxy groups -OCH3 is 3. The van der Waals surface area contributed by atoms with E-state index in [2.05, 4.69) is 11.1 Å². The second kappa shape index (κ2) is 36.5. The van der Waals surface area contributed by atoms with Crippen molar-refractivity contribution in [1.82, 2.24) is 28.7 Å². The molecule has 21 nitrogen and oxygen atoms in total. The van der Waals surface area contributed by atoms with E-state index in [0.29, 0.717) is 158 Å². The van der Waals surface area contributed by atoms with Gasteiger partial charge in [-0.2, -0.15) is 15.8 Å². The molecule has 6 heterocycles. The Labute approximate surface area is 717 Å². The molecule has 0 fully saturated rings. The van der Waals surface area contributed by atoms with Crippen LogP contribution in [0, 0.1) is 68.9 Å². The van der Waals surface area contributed by atoms with Crippen molar-refractivity contribution in [1.29, 1.82) is 15.8 Å². The summed E-state index contributed by atoms with van der Waals surface area (Å²) in [4.78, 5) is 50.0. The Morgan fingerprint density at radius 1 is 0.365 bits per heavy atom. The maximum absolute atomic E-state index is 15.6. The molecule has 0 spiro atoms. The highest BCUT2D eigenvalue weighted by Crippen LogP contribution is 2.51. The van der Waals surface area contributed by atoms with Crippen LogP contribution in [0.2, 0.25) is 0 Å². The van der Waals surface area contributed by atoms with Gasteiger partial charge in [0.05, 0.1) is 98.9 Å². The number of para-hydroxylation sites is 3. The molecule has 0 saturated carbocycles.